The third-order valence-electron chi connectivity index (χ3n) is 3.38. The second-order valence-corrected chi connectivity index (χ2v) is 6.41. The van der Waals surface area contributed by atoms with E-state index >= 15 is 0 Å². The number of carbonyl (C=O) groups is 2. The maximum absolute atomic E-state index is 12.1. The number of nitrogens with zero attached hydrogens (tertiary/aromatic N) is 4. The van der Waals surface area contributed by atoms with E-state index in [0.717, 1.165) is 11.3 Å². The molecule has 150 valence electrons. The predicted molar refractivity (Wildman–Crippen MR) is 106 cm³/mol. The normalized spacial score (nSPS) is 10.3. The van der Waals surface area contributed by atoms with Crippen LogP contribution < -0.4 is 21.1 Å². The zero-order valence-corrected chi connectivity index (χ0v) is 16.3. The Balaban J connectivity index is 1.67. The first kappa shape index (κ1) is 19.9. The number of carbonyl (C=O) groups excluding carboxylic acids is 2. The van der Waals surface area contributed by atoms with E-state index in [0.29, 0.717) is 16.6 Å². The van der Waals surface area contributed by atoms with Crippen molar-refractivity contribution in [2.45, 2.75) is 13.5 Å². The van der Waals surface area contributed by atoms with Crippen molar-refractivity contribution in [1.82, 2.24) is 19.9 Å². The summed E-state index contributed by atoms with van der Waals surface area (Å²) in [4.78, 5) is 39.3. The van der Waals surface area contributed by atoms with Crippen molar-refractivity contribution < 1.29 is 19.1 Å². The van der Waals surface area contributed by atoms with E-state index < -0.39 is 5.97 Å². The number of hydrogen-bond donors (Lipinski definition) is 3. The number of aromatic nitrogens is 4. The van der Waals surface area contributed by atoms with Crippen LogP contribution in [0.3, 0.4) is 0 Å². The number of esters is 1. The summed E-state index contributed by atoms with van der Waals surface area (Å²) < 4.78 is 10.4. The number of anilines is 4. The van der Waals surface area contributed by atoms with Gasteiger partial charge in [-0.1, -0.05) is 12.1 Å². The lowest BCUT2D eigenvalue weighted by Gasteiger charge is -2.10. The van der Waals surface area contributed by atoms with Gasteiger partial charge in [-0.2, -0.15) is 15.0 Å². The van der Waals surface area contributed by atoms with Crippen LogP contribution in [0.2, 0.25) is 0 Å². The second-order valence-electron chi connectivity index (χ2n) is 5.55. The van der Waals surface area contributed by atoms with Gasteiger partial charge in [0.05, 0.1) is 12.8 Å². The van der Waals surface area contributed by atoms with Crippen molar-refractivity contribution in [2.75, 3.05) is 23.5 Å². The van der Waals surface area contributed by atoms with Crippen molar-refractivity contribution in [3.8, 4) is 5.75 Å². The summed E-state index contributed by atoms with van der Waals surface area (Å²) in [5.41, 5.74) is 6.42. The van der Waals surface area contributed by atoms with Crippen molar-refractivity contribution >= 4 is 45.9 Å². The summed E-state index contributed by atoms with van der Waals surface area (Å²) in [6.45, 7) is 1.11. The molecule has 0 atom stereocenters. The van der Waals surface area contributed by atoms with Gasteiger partial charge in [0, 0.05) is 12.3 Å². The molecule has 0 saturated heterocycles. The molecule has 29 heavy (non-hydrogen) atoms. The molecule has 0 spiro atoms. The molecule has 1 aromatic carbocycles. The van der Waals surface area contributed by atoms with Crippen LogP contribution in [-0.2, 0) is 16.1 Å². The van der Waals surface area contributed by atoms with Crippen LogP contribution in [0.25, 0.3) is 0 Å². The first-order valence-corrected chi connectivity index (χ1v) is 9.13. The number of thiazole rings is 1. The highest BCUT2D eigenvalue weighted by molar-refractivity contribution is 7.14. The summed E-state index contributed by atoms with van der Waals surface area (Å²) in [6.07, 6.45) is 0. The van der Waals surface area contributed by atoms with E-state index in [-0.39, 0.29) is 35.9 Å². The number of methoxy groups -OCH3 is 1. The lowest BCUT2D eigenvalue weighted by molar-refractivity contribution is -0.114. The van der Waals surface area contributed by atoms with Crippen molar-refractivity contribution in [3.63, 3.8) is 0 Å². The number of hydrogen-bond acceptors (Lipinski definition) is 11. The third-order valence-corrected chi connectivity index (χ3v) is 4.14. The molecule has 4 N–H and O–H groups in total. The number of amides is 1. The first-order valence-electron chi connectivity index (χ1n) is 8.25. The summed E-state index contributed by atoms with van der Waals surface area (Å²) in [5, 5.41) is 7.26. The van der Waals surface area contributed by atoms with E-state index in [1.807, 2.05) is 12.1 Å². The number of para-hydroxylation sites is 2. The molecule has 11 nitrogen and oxygen atoms in total. The molecule has 0 fully saturated rings. The van der Waals surface area contributed by atoms with E-state index in [9.17, 15) is 9.59 Å². The van der Waals surface area contributed by atoms with Crippen LogP contribution in [-0.4, -0.2) is 38.9 Å². The number of nitrogens with one attached hydrogen (secondary N) is 2. The van der Waals surface area contributed by atoms with E-state index in [1.165, 1.54) is 12.3 Å². The number of nitrogens with two attached hydrogens (primary N) is 1. The van der Waals surface area contributed by atoms with Crippen molar-refractivity contribution in [2.24, 2.45) is 0 Å². The van der Waals surface area contributed by atoms with Gasteiger partial charge >= 0.3 is 5.97 Å². The number of ether oxygens (including phenoxy) is 2. The fraction of sp³-hybridized carbons (Fsp3) is 0.176. The minimum absolute atomic E-state index is 0.0370. The Morgan fingerprint density at radius 1 is 1.17 bits per heavy atom. The first-order chi connectivity index (χ1) is 13.9. The van der Waals surface area contributed by atoms with Gasteiger partial charge < -0.3 is 25.8 Å². The third kappa shape index (κ3) is 5.35. The molecule has 0 radical (unpaired) electrons. The molecule has 0 unspecified atom stereocenters. The largest absolute Gasteiger partial charge is 0.495 e. The smallest absolute Gasteiger partial charge is 0.358 e. The zero-order valence-electron chi connectivity index (χ0n) is 15.5. The molecule has 0 aliphatic rings. The molecule has 3 aromatic rings. The quantitative estimate of drug-likeness (QED) is 0.488. The average Bonchev–Trinajstić information content (AvgIpc) is 3.14. The van der Waals surface area contributed by atoms with Gasteiger partial charge in [0.2, 0.25) is 17.8 Å². The maximum atomic E-state index is 12.1. The molecule has 0 aliphatic heterocycles. The Morgan fingerprint density at radius 2 is 1.97 bits per heavy atom. The van der Waals surface area contributed by atoms with Gasteiger partial charge in [-0.05, 0) is 12.1 Å². The fourth-order valence-corrected chi connectivity index (χ4v) is 2.93. The molecule has 1 amide bonds. The van der Waals surface area contributed by atoms with Gasteiger partial charge in [0.25, 0.3) is 0 Å². The number of rotatable bonds is 7. The van der Waals surface area contributed by atoms with E-state index in [4.69, 9.17) is 15.2 Å². The van der Waals surface area contributed by atoms with Crippen LogP contribution in [0.15, 0.2) is 29.6 Å². The lowest BCUT2D eigenvalue weighted by atomic mass is 10.3. The van der Waals surface area contributed by atoms with E-state index in [1.54, 1.807) is 19.2 Å². The summed E-state index contributed by atoms with van der Waals surface area (Å²) >= 11 is 1.11. The van der Waals surface area contributed by atoms with Gasteiger partial charge in [-0.3, -0.25) is 4.79 Å². The Labute approximate surface area is 169 Å². The molecule has 2 heterocycles. The Hall–Kier alpha value is -3.80. The highest BCUT2D eigenvalue weighted by atomic mass is 32.1. The van der Waals surface area contributed by atoms with Crippen LogP contribution in [0.5, 0.6) is 5.75 Å². The molecule has 12 heteroatoms. The summed E-state index contributed by atoms with van der Waals surface area (Å²) in [5.74, 6) is -0.0793. The molecule has 2 aromatic heterocycles. The Bertz CT molecular complexity index is 1040. The van der Waals surface area contributed by atoms with Crippen molar-refractivity contribution in [3.05, 3.63) is 41.2 Å². The Kier molecular flexibility index (Phi) is 6.14. The topological polar surface area (TPSA) is 154 Å². The second kappa shape index (κ2) is 8.93. The lowest BCUT2D eigenvalue weighted by Crippen LogP contribution is -2.12. The number of nitrogen functional groups attached to an aromatic ring is 1. The van der Waals surface area contributed by atoms with Crippen LogP contribution in [0, 0.1) is 0 Å². The highest BCUT2D eigenvalue weighted by Crippen LogP contribution is 2.25. The fourth-order valence-electron chi connectivity index (χ4n) is 2.21. The molecular weight excluding hydrogens is 398 g/mol. The number of benzene rings is 1. The average molecular weight is 415 g/mol. The minimum atomic E-state index is -0.684. The van der Waals surface area contributed by atoms with Crippen LogP contribution in [0.1, 0.15) is 23.2 Å². The minimum Gasteiger partial charge on any atom is -0.495 e. The highest BCUT2D eigenvalue weighted by Gasteiger charge is 2.15. The van der Waals surface area contributed by atoms with Gasteiger partial charge in [0.15, 0.2) is 23.3 Å². The summed E-state index contributed by atoms with van der Waals surface area (Å²) in [7, 11) is 1.54. The predicted octanol–water partition coefficient (Wildman–Crippen LogP) is 1.98. The molecule has 3 rings (SSSR count). The van der Waals surface area contributed by atoms with Gasteiger partial charge in [-0.15, -0.1) is 11.3 Å². The van der Waals surface area contributed by atoms with Gasteiger partial charge in [0.1, 0.15) is 5.75 Å². The van der Waals surface area contributed by atoms with Crippen LogP contribution in [0.4, 0.5) is 22.7 Å². The molecule has 0 bridgehead atoms. The molecule has 0 aliphatic carbocycles. The Morgan fingerprint density at radius 3 is 2.72 bits per heavy atom. The molecular formula is C17H17N7O4S. The molecule has 0 saturated carbocycles. The monoisotopic (exact) mass is 415 g/mol. The maximum Gasteiger partial charge on any atom is 0.358 e. The van der Waals surface area contributed by atoms with E-state index in [2.05, 4.69) is 30.6 Å². The van der Waals surface area contributed by atoms with Crippen molar-refractivity contribution in [1.29, 1.82) is 0 Å². The zero-order chi connectivity index (χ0) is 20.8. The van der Waals surface area contributed by atoms with Gasteiger partial charge in [-0.25, -0.2) is 9.78 Å². The summed E-state index contributed by atoms with van der Waals surface area (Å²) in [6, 6.07) is 7.21. The van der Waals surface area contributed by atoms with Crippen LogP contribution >= 0.6 is 11.3 Å². The SMILES string of the molecule is COc1ccccc1Nc1nc(N)nc(COC(=O)c2csc(NC(C)=O)n2)n1. The standard InChI is InChI=1S/C17H17N7O4S/c1-9(25)19-17-21-11(8-29-17)14(26)28-7-13-22-15(18)24-16(23-13)20-10-5-3-4-6-12(10)27-2/h3-6,8H,7H2,1-2H3,(H,19,21,25)(H3,18,20,22,23,24).